The average Bonchev–Trinajstić information content (AvgIpc) is 3.16. The summed E-state index contributed by atoms with van der Waals surface area (Å²) >= 11 is 0. The van der Waals surface area contributed by atoms with E-state index in [0.717, 1.165) is 38.3 Å². The molecular formula is C19H30FN5O2. The number of rotatable bonds is 6. The Labute approximate surface area is 160 Å². The second kappa shape index (κ2) is 9.32. The third kappa shape index (κ3) is 5.07. The fraction of sp³-hybridized carbons (Fsp3) is 0.684. The first-order chi connectivity index (χ1) is 13.2. The van der Waals surface area contributed by atoms with Crippen molar-refractivity contribution in [1.29, 1.82) is 0 Å². The van der Waals surface area contributed by atoms with Gasteiger partial charge in [0.05, 0.1) is 12.1 Å². The molecule has 0 aromatic carbocycles. The van der Waals surface area contributed by atoms with Crippen LogP contribution in [0.25, 0.3) is 0 Å². The summed E-state index contributed by atoms with van der Waals surface area (Å²) in [6.07, 6.45) is 4.23. The van der Waals surface area contributed by atoms with Crippen LogP contribution < -0.4 is 15.5 Å². The van der Waals surface area contributed by atoms with Crippen molar-refractivity contribution in [2.75, 3.05) is 51.4 Å². The molecule has 150 valence electrons. The van der Waals surface area contributed by atoms with Crippen LogP contribution in [0.15, 0.2) is 23.3 Å². The zero-order chi connectivity index (χ0) is 19.1. The predicted molar refractivity (Wildman–Crippen MR) is 104 cm³/mol. The number of halogens is 1. The molecule has 2 N–H and O–H groups in total. The summed E-state index contributed by atoms with van der Waals surface area (Å²) in [6.45, 7) is 6.29. The van der Waals surface area contributed by atoms with Gasteiger partial charge in [0.2, 0.25) is 0 Å². The first-order valence-corrected chi connectivity index (χ1v) is 9.69. The molecule has 3 heterocycles. The average molecular weight is 379 g/mol. The molecule has 0 aliphatic carbocycles. The Morgan fingerprint density at radius 3 is 3.00 bits per heavy atom. The minimum Gasteiger partial charge on any atom is -0.381 e. The van der Waals surface area contributed by atoms with Gasteiger partial charge in [0.25, 0.3) is 0 Å². The van der Waals surface area contributed by atoms with Gasteiger partial charge in [-0.15, -0.1) is 0 Å². The number of hydrogen-bond donors (Lipinski definition) is 2. The highest BCUT2D eigenvalue weighted by molar-refractivity contribution is 5.80. The van der Waals surface area contributed by atoms with Crippen molar-refractivity contribution >= 4 is 11.8 Å². The van der Waals surface area contributed by atoms with Crippen LogP contribution in [0.1, 0.15) is 26.2 Å². The topological polar surface area (TPSA) is 71.0 Å². The van der Waals surface area contributed by atoms with E-state index in [1.165, 1.54) is 6.07 Å². The molecule has 2 saturated heterocycles. The molecule has 0 radical (unpaired) electrons. The van der Waals surface area contributed by atoms with Crippen LogP contribution >= 0.6 is 0 Å². The maximum atomic E-state index is 14.0. The summed E-state index contributed by atoms with van der Waals surface area (Å²) in [4.78, 5) is 10.9. The molecule has 8 heteroatoms. The number of nitrogens with one attached hydrogen (secondary N) is 2. The van der Waals surface area contributed by atoms with E-state index in [9.17, 15) is 4.39 Å². The fourth-order valence-corrected chi connectivity index (χ4v) is 3.59. The van der Waals surface area contributed by atoms with Crippen LogP contribution in [0.5, 0.6) is 0 Å². The monoisotopic (exact) mass is 379 g/mol. The molecule has 1 aromatic rings. The minimum atomic E-state index is -0.278. The first kappa shape index (κ1) is 19.8. The molecule has 2 aliphatic heterocycles. The number of anilines is 1. The Morgan fingerprint density at radius 1 is 1.48 bits per heavy atom. The van der Waals surface area contributed by atoms with Crippen molar-refractivity contribution in [3.05, 3.63) is 24.1 Å². The maximum Gasteiger partial charge on any atom is 0.191 e. The van der Waals surface area contributed by atoms with E-state index in [1.807, 2.05) is 11.8 Å². The molecule has 0 amide bonds. The lowest BCUT2D eigenvalue weighted by atomic mass is 9.94. The Morgan fingerprint density at radius 2 is 2.30 bits per heavy atom. The lowest BCUT2D eigenvalue weighted by Gasteiger charge is -2.34. The van der Waals surface area contributed by atoms with Crippen molar-refractivity contribution in [3.63, 3.8) is 0 Å². The molecule has 1 aromatic heterocycles. The fourth-order valence-electron chi connectivity index (χ4n) is 3.59. The van der Waals surface area contributed by atoms with Gasteiger partial charge in [0, 0.05) is 65.0 Å². The standard InChI is InChI=1S/C19H30FN5O2/c1-3-21-18(23-14-19(26-2)7-11-27-12-8-19)24-15-6-10-25(13-15)17-16(20)5-4-9-22-17/h4-5,9,15H,3,6-8,10-14H2,1-2H3,(H2,21,23,24). The number of hydrogen-bond acceptors (Lipinski definition) is 5. The quantitative estimate of drug-likeness (QED) is 0.577. The lowest BCUT2D eigenvalue weighted by molar-refractivity contribution is -0.0828. The van der Waals surface area contributed by atoms with Crippen molar-refractivity contribution in [3.8, 4) is 0 Å². The van der Waals surface area contributed by atoms with Crippen LogP contribution in [0.3, 0.4) is 0 Å². The molecule has 0 spiro atoms. The van der Waals surface area contributed by atoms with Crippen molar-refractivity contribution in [2.45, 2.75) is 37.8 Å². The Balaban J connectivity index is 1.60. The van der Waals surface area contributed by atoms with Crippen molar-refractivity contribution < 1.29 is 13.9 Å². The highest BCUT2D eigenvalue weighted by Crippen LogP contribution is 2.25. The van der Waals surface area contributed by atoms with E-state index in [2.05, 4.69) is 15.6 Å². The normalized spacial score (nSPS) is 22.7. The summed E-state index contributed by atoms with van der Waals surface area (Å²) < 4.78 is 25.2. The van der Waals surface area contributed by atoms with E-state index in [1.54, 1.807) is 19.4 Å². The molecule has 2 aliphatic rings. The summed E-state index contributed by atoms with van der Waals surface area (Å²) in [7, 11) is 1.75. The van der Waals surface area contributed by atoms with E-state index >= 15 is 0 Å². The smallest absolute Gasteiger partial charge is 0.191 e. The zero-order valence-electron chi connectivity index (χ0n) is 16.2. The first-order valence-electron chi connectivity index (χ1n) is 9.69. The molecule has 7 nitrogen and oxygen atoms in total. The Bertz CT molecular complexity index is 636. The number of pyridine rings is 1. The molecule has 1 unspecified atom stereocenters. The van der Waals surface area contributed by atoms with Crippen molar-refractivity contribution in [2.24, 2.45) is 4.99 Å². The molecule has 0 saturated carbocycles. The van der Waals surface area contributed by atoms with Crippen LogP contribution in [0.2, 0.25) is 0 Å². The summed E-state index contributed by atoms with van der Waals surface area (Å²) in [6, 6.07) is 3.26. The predicted octanol–water partition coefficient (Wildman–Crippen LogP) is 1.55. The Kier molecular flexibility index (Phi) is 6.84. The van der Waals surface area contributed by atoms with Gasteiger partial charge < -0.3 is 25.0 Å². The third-order valence-corrected chi connectivity index (χ3v) is 5.27. The van der Waals surface area contributed by atoms with Crippen LogP contribution in [0, 0.1) is 5.82 Å². The second-order valence-corrected chi connectivity index (χ2v) is 7.08. The number of guanidine groups is 1. The van der Waals surface area contributed by atoms with E-state index in [4.69, 9.17) is 14.5 Å². The molecule has 0 bridgehead atoms. The number of nitrogens with zero attached hydrogens (tertiary/aromatic N) is 3. The van der Waals surface area contributed by atoms with Gasteiger partial charge in [-0.25, -0.2) is 9.37 Å². The van der Waals surface area contributed by atoms with Gasteiger partial charge >= 0.3 is 0 Å². The summed E-state index contributed by atoms with van der Waals surface area (Å²) in [5, 5.41) is 6.78. The lowest BCUT2D eigenvalue weighted by Crippen LogP contribution is -2.47. The molecule has 2 fully saturated rings. The zero-order valence-corrected chi connectivity index (χ0v) is 16.2. The van der Waals surface area contributed by atoms with Gasteiger partial charge in [0.15, 0.2) is 17.6 Å². The number of methoxy groups -OCH3 is 1. The van der Waals surface area contributed by atoms with E-state index in [0.29, 0.717) is 32.1 Å². The minimum absolute atomic E-state index is 0.192. The summed E-state index contributed by atoms with van der Waals surface area (Å²) in [5.41, 5.74) is -0.251. The number of aromatic nitrogens is 1. The van der Waals surface area contributed by atoms with Crippen LogP contribution in [-0.2, 0) is 9.47 Å². The Hall–Kier alpha value is -1.93. The van der Waals surface area contributed by atoms with E-state index < -0.39 is 0 Å². The van der Waals surface area contributed by atoms with Gasteiger partial charge in [-0.2, -0.15) is 0 Å². The summed E-state index contributed by atoms with van der Waals surface area (Å²) in [5.74, 6) is 0.915. The van der Waals surface area contributed by atoms with Gasteiger partial charge in [0.1, 0.15) is 0 Å². The van der Waals surface area contributed by atoms with Gasteiger partial charge in [-0.05, 0) is 25.5 Å². The third-order valence-electron chi connectivity index (χ3n) is 5.27. The highest BCUT2D eigenvalue weighted by Gasteiger charge is 2.33. The van der Waals surface area contributed by atoms with Crippen LogP contribution in [0.4, 0.5) is 10.2 Å². The van der Waals surface area contributed by atoms with Gasteiger partial charge in [-0.1, -0.05) is 0 Å². The molecular weight excluding hydrogens is 349 g/mol. The van der Waals surface area contributed by atoms with Gasteiger partial charge in [-0.3, -0.25) is 4.99 Å². The SMILES string of the molecule is CCNC(=NCC1(OC)CCOCC1)NC1CCN(c2ncccc2F)C1. The number of aliphatic imine (C=N–C) groups is 1. The van der Waals surface area contributed by atoms with Crippen LogP contribution in [-0.4, -0.2) is 69.1 Å². The number of ether oxygens (including phenoxy) is 2. The highest BCUT2D eigenvalue weighted by atomic mass is 19.1. The van der Waals surface area contributed by atoms with E-state index in [-0.39, 0.29) is 17.5 Å². The molecule has 27 heavy (non-hydrogen) atoms. The second-order valence-electron chi connectivity index (χ2n) is 7.08. The molecule has 3 rings (SSSR count). The largest absolute Gasteiger partial charge is 0.381 e. The maximum absolute atomic E-state index is 14.0. The van der Waals surface area contributed by atoms with Crippen molar-refractivity contribution in [1.82, 2.24) is 15.6 Å². The molecule has 1 atom stereocenters.